The van der Waals surface area contributed by atoms with E-state index in [-0.39, 0.29) is 10.8 Å². The first-order valence-electron chi connectivity index (χ1n) is 13.7. The number of aryl methyl sites for hydroxylation is 1. The maximum atomic E-state index is 2.48. The van der Waals surface area contributed by atoms with Gasteiger partial charge < -0.3 is 0 Å². The van der Waals surface area contributed by atoms with Crippen molar-refractivity contribution in [2.24, 2.45) is 0 Å². The van der Waals surface area contributed by atoms with Crippen LogP contribution in [-0.4, -0.2) is 0 Å². The highest BCUT2D eigenvalue weighted by molar-refractivity contribution is 5.87. The van der Waals surface area contributed by atoms with Gasteiger partial charge in [0.25, 0.3) is 0 Å². The lowest BCUT2D eigenvalue weighted by Gasteiger charge is -2.20. The second-order valence-corrected chi connectivity index (χ2v) is 12.7. The Hall–Kier alpha value is -3.38. The first-order valence-corrected chi connectivity index (χ1v) is 13.7. The number of hydrogen-bond acceptors (Lipinski definition) is 0. The van der Waals surface area contributed by atoms with Crippen LogP contribution >= 0.6 is 0 Å². The minimum Gasteiger partial charge on any atom is -0.0648 e. The summed E-state index contributed by atoms with van der Waals surface area (Å²) in [6.07, 6.45) is 5.71. The Labute approximate surface area is 224 Å². The summed E-state index contributed by atoms with van der Waals surface area (Å²) in [6, 6.07) is 34.0. The summed E-state index contributed by atoms with van der Waals surface area (Å²) in [6.45, 7) is 13.7. The standard InChI is InChI=1S/C37H40/c1-36(2,3)30-18-14-28(15-19-30)32-22-23-33(29-16-20-31(21-17-29)37(4,5)6)35-25-27(24-34(32)35)13-12-26-10-8-7-9-11-26/h7-11,14-24H,12-13,25H2,1-6H3. The zero-order valence-corrected chi connectivity index (χ0v) is 23.4. The predicted octanol–water partition coefficient (Wildman–Crippen LogP) is 10.2. The fourth-order valence-corrected chi connectivity index (χ4v) is 5.43. The Bertz CT molecular complexity index is 1400. The highest BCUT2D eigenvalue weighted by Crippen LogP contribution is 2.41. The lowest BCUT2D eigenvalue weighted by atomic mass is 9.84. The molecule has 0 aromatic heterocycles. The van der Waals surface area contributed by atoms with Gasteiger partial charge in [-0.1, -0.05) is 144 Å². The third-order valence-corrected chi connectivity index (χ3v) is 7.81. The third-order valence-electron chi connectivity index (χ3n) is 7.81. The van der Waals surface area contributed by atoms with Crippen molar-refractivity contribution in [2.45, 2.75) is 71.6 Å². The van der Waals surface area contributed by atoms with Gasteiger partial charge in [-0.25, -0.2) is 0 Å². The van der Waals surface area contributed by atoms with E-state index in [4.69, 9.17) is 0 Å². The molecule has 0 fully saturated rings. The second kappa shape index (κ2) is 9.82. The molecule has 0 amide bonds. The summed E-state index contributed by atoms with van der Waals surface area (Å²) in [5.74, 6) is 0. The van der Waals surface area contributed by atoms with Crippen molar-refractivity contribution >= 4 is 6.08 Å². The number of benzene rings is 4. The highest BCUT2D eigenvalue weighted by Gasteiger charge is 2.22. The summed E-state index contributed by atoms with van der Waals surface area (Å²) in [4.78, 5) is 0. The van der Waals surface area contributed by atoms with Crippen LogP contribution < -0.4 is 0 Å². The van der Waals surface area contributed by atoms with Gasteiger partial charge in [-0.05, 0) is 80.2 Å². The normalized spacial score (nSPS) is 13.4. The molecule has 1 aliphatic rings. The van der Waals surface area contributed by atoms with Gasteiger partial charge in [-0.3, -0.25) is 0 Å². The first kappa shape index (κ1) is 25.3. The van der Waals surface area contributed by atoms with Crippen molar-refractivity contribution in [1.29, 1.82) is 0 Å². The maximum Gasteiger partial charge on any atom is -0.00513 e. The largest absolute Gasteiger partial charge is 0.0648 e. The number of hydrogen-bond donors (Lipinski definition) is 0. The number of fused-ring (bicyclic) bond motifs is 1. The van der Waals surface area contributed by atoms with Crippen molar-refractivity contribution in [2.75, 3.05) is 0 Å². The van der Waals surface area contributed by atoms with Gasteiger partial charge in [0.15, 0.2) is 0 Å². The number of rotatable bonds is 5. The molecule has 4 aromatic rings. The molecule has 188 valence electrons. The monoisotopic (exact) mass is 484 g/mol. The average Bonchev–Trinajstić information content (AvgIpc) is 3.31. The van der Waals surface area contributed by atoms with Crippen LogP contribution in [0.3, 0.4) is 0 Å². The van der Waals surface area contributed by atoms with Gasteiger partial charge in [0.2, 0.25) is 0 Å². The zero-order valence-electron chi connectivity index (χ0n) is 23.4. The lowest BCUT2D eigenvalue weighted by Crippen LogP contribution is -2.10. The quantitative estimate of drug-likeness (QED) is 0.264. The van der Waals surface area contributed by atoms with Crippen molar-refractivity contribution in [3.63, 3.8) is 0 Å². The fraction of sp³-hybridized carbons (Fsp3) is 0.297. The molecule has 1 aliphatic carbocycles. The van der Waals surface area contributed by atoms with E-state index in [0.717, 1.165) is 19.3 Å². The van der Waals surface area contributed by atoms with E-state index >= 15 is 0 Å². The van der Waals surface area contributed by atoms with Crippen LogP contribution in [0.2, 0.25) is 0 Å². The van der Waals surface area contributed by atoms with E-state index in [2.05, 4.69) is 139 Å². The molecule has 0 heteroatoms. The van der Waals surface area contributed by atoms with Gasteiger partial charge in [-0.15, -0.1) is 0 Å². The summed E-state index contributed by atoms with van der Waals surface area (Å²) >= 11 is 0. The predicted molar refractivity (Wildman–Crippen MR) is 161 cm³/mol. The molecular formula is C37H40. The Morgan fingerprint density at radius 1 is 0.541 bits per heavy atom. The fourth-order valence-electron chi connectivity index (χ4n) is 5.43. The molecule has 0 atom stereocenters. The van der Waals surface area contributed by atoms with Gasteiger partial charge in [0, 0.05) is 0 Å². The minimum absolute atomic E-state index is 0.161. The third kappa shape index (κ3) is 5.49. The molecule has 4 aromatic carbocycles. The van der Waals surface area contributed by atoms with E-state index in [0.29, 0.717) is 0 Å². The molecule has 0 bridgehead atoms. The van der Waals surface area contributed by atoms with Crippen LogP contribution in [0.25, 0.3) is 28.3 Å². The molecule has 0 radical (unpaired) electrons. The van der Waals surface area contributed by atoms with E-state index in [9.17, 15) is 0 Å². The Morgan fingerprint density at radius 3 is 1.59 bits per heavy atom. The van der Waals surface area contributed by atoms with Crippen LogP contribution in [0.15, 0.2) is 96.6 Å². The topological polar surface area (TPSA) is 0 Å². The van der Waals surface area contributed by atoms with Crippen molar-refractivity contribution in [3.05, 3.63) is 124 Å². The molecule has 0 saturated heterocycles. The van der Waals surface area contributed by atoms with Gasteiger partial charge in [0.05, 0.1) is 0 Å². The first-order chi connectivity index (χ1) is 17.6. The van der Waals surface area contributed by atoms with E-state index in [1.54, 1.807) is 0 Å². The smallest absolute Gasteiger partial charge is 0.00513 e. The highest BCUT2D eigenvalue weighted by atomic mass is 14.3. The molecule has 0 nitrogen and oxygen atoms in total. The van der Waals surface area contributed by atoms with Crippen molar-refractivity contribution in [3.8, 4) is 22.3 Å². The molecule has 5 rings (SSSR count). The van der Waals surface area contributed by atoms with Gasteiger partial charge in [-0.2, -0.15) is 0 Å². The number of allylic oxidation sites excluding steroid dienone is 1. The summed E-state index contributed by atoms with van der Waals surface area (Å²) < 4.78 is 0. The zero-order chi connectivity index (χ0) is 26.2. The summed E-state index contributed by atoms with van der Waals surface area (Å²) in [7, 11) is 0. The van der Waals surface area contributed by atoms with Crippen LogP contribution in [0.4, 0.5) is 0 Å². The lowest BCUT2D eigenvalue weighted by molar-refractivity contribution is 0.590. The van der Waals surface area contributed by atoms with Crippen LogP contribution in [-0.2, 0) is 23.7 Å². The summed E-state index contributed by atoms with van der Waals surface area (Å²) in [5, 5.41) is 0. The molecular weight excluding hydrogens is 444 g/mol. The van der Waals surface area contributed by atoms with E-state index < -0.39 is 0 Å². The minimum atomic E-state index is 0.161. The molecule has 0 heterocycles. The van der Waals surface area contributed by atoms with E-state index in [1.165, 1.54) is 55.6 Å². The van der Waals surface area contributed by atoms with Crippen molar-refractivity contribution < 1.29 is 0 Å². The SMILES string of the molecule is CC(C)(C)c1ccc(-c2ccc(-c3ccc(C(C)(C)C)cc3)c3c2C=C(CCc2ccccc2)C3)cc1. The van der Waals surface area contributed by atoms with E-state index in [1.807, 2.05) is 0 Å². The Morgan fingerprint density at radius 2 is 1.05 bits per heavy atom. The second-order valence-electron chi connectivity index (χ2n) is 12.7. The van der Waals surface area contributed by atoms with Gasteiger partial charge in [0.1, 0.15) is 0 Å². The molecule has 0 aliphatic heterocycles. The van der Waals surface area contributed by atoms with Gasteiger partial charge >= 0.3 is 0 Å². The molecule has 0 spiro atoms. The van der Waals surface area contributed by atoms with Crippen molar-refractivity contribution in [1.82, 2.24) is 0 Å². The average molecular weight is 485 g/mol. The Balaban J connectivity index is 1.53. The van der Waals surface area contributed by atoms with Crippen LogP contribution in [0.1, 0.15) is 75.8 Å². The van der Waals surface area contributed by atoms with Crippen LogP contribution in [0.5, 0.6) is 0 Å². The maximum absolute atomic E-state index is 2.48. The van der Waals surface area contributed by atoms with Crippen LogP contribution in [0, 0.1) is 0 Å². The summed E-state index contributed by atoms with van der Waals surface area (Å²) in [5.41, 5.74) is 14.2. The molecule has 0 saturated carbocycles. The Kier molecular flexibility index (Phi) is 6.71. The molecule has 0 N–H and O–H groups in total. The molecule has 37 heavy (non-hydrogen) atoms. The molecule has 0 unspecified atom stereocenters.